The number of nitrogens with zero attached hydrogens (tertiary/aromatic N) is 1. The van der Waals surface area contributed by atoms with Crippen LogP contribution in [0, 0.1) is 0 Å². The van der Waals surface area contributed by atoms with Crippen LogP contribution in [0.15, 0.2) is 41.3 Å². The highest BCUT2D eigenvalue weighted by Gasteiger charge is 2.14. The maximum absolute atomic E-state index is 5.43. The molecule has 1 unspecified atom stereocenters. The Kier molecular flexibility index (Phi) is 3.78. The number of hydrogen-bond acceptors (Lipinski definition) is 2. The van der Waals surface area contributed by atoms with E-state index < -0.39 is 0 Å². The van der Waals surface area contributed by atoms with E-state index in [0.717, 1.165) is 18.6 Å². The van der Waals surface area contributed by atoms with E-state index >= 15 is 0 Å². The van der Waals surface area contributed by atoms with Crippen LogP contribution in [-0.2, 0) is 12.8 Å². The zero-order valence-corrected chi connectivity index (χ0v) is 10.8. The predicted octanol–water partition coefficient (Wildman–Crippen LogP) is 3.92. The number of furan rings is 1. The molecule has 0 fully saturated rings. The van der Waals surface area contributed by atoms with Gasteiger partial charge in [-0.1, -0.05) is 22.9 Å². The Morgan fingerprint density at radius 1 is 1.31 bits per heavy atom. The Bertz CT molecular complexity index is 438. The van der Waals surface area contributed by atoms with Crippen LogP contribution < -0.4 is 0 Å². The third-order valence-electron chi connectivity index (χ3n) is 2.60. The molecule has 0 spiro atoms. The summed E-state index contributed by atoms with van der Waals surface area (Å²) >= 11 is 3.71. The van der Waals surface area contributed by atoms with Crippen molar-refractivity contribution in [3.63, 3.8) is 0 Å². The van der Waals surface area contributed by atoms with Crippen LogP contribution in [0.2, 0.25) is 0 Å². The summed E-state index contributed by atoms with van der Waals surface area (Å²) in [7, 11) is 0. The Morgan fingerprint density at radius 3 is 2.75 bits per heavy atom. The van der Waals surface area contributed by atoms with E-state index in [1.807, 2.05) is 30.6 Å². The first-order valence-corrected chi connectivity index (χ1v) is 6.32. The number of aromatic nitrogens is 1. The lowest BCUT2D eigenvalue weighted by molar-refractivity contribution is 0.511. The van der Waals surface area contributed by atoms with Gasteiger partial charge in [0.25, 0.3) is 0 Å². The molecule has 2 aromatic heterocycles. The van der Waals surface area contributed by atoms with Crippen molar-refractivity contribution in [1.82, 2.24) is 4.98 Å². The fourth-order valence-electron chi connectivity index (χ4n) is 1.75. The zero-order valence-electron chi connectivity index (χ0n) is 9.19. The number of rotatable bonds is 4. The second-order valence-corrected chi connectivity index (χ2v) is 4.79. The SMILES string of the molecule is CCc1occc1C(Br)Cc1ccncc1. The van der Waals surface area contributed by atoms with Crippen molar-refractivity contribution in [1.29, 1.82) is 0 Å². The Balaban J connectivity index is 2.11. The van der Waals surface area contributed by atoms with Crippen molar-refractivity contribution in [2.45, 2.75) is 24.6 Å². The van der Waals surface area contributed by atoms with Crippen LogP contribution in [-0.4, -0.2) is 4.98 Å². The molecule has 1 atom stereocenters. The number of halogens is 1. The highest BCUT2D eigenvalue weighted by atomic mass is 79.9. The van der Waals surface area contributed by atoms with E-state index in [1.54, 1.807) is 6.26 Å². The number of aryl methyl sites for hydroxylation is 1. The van der Waals surface area contributed by atoms with E-state index in [4.69, 9.17) is 4.42 Å². The normalized spacial score (nSPS) is 12.6. The molecule has 0 amide bonds. The molecule has 0 aromatic carbocycles. The molecule has 0 radical (unpaired) electrons. The van der Waals surface area contributed by atoms with Crippen LogP contribution in [0.25, 0.3) is 0 Å². The average molecular weight is 280 g/mol. The molecule has 2 nitrogen and oxygen atoms in total. The van der Waals surface area contributed by atoms with Gasteiger partial charge in [0.05, 0.1) is 6.26 Å². The molecule has 0 saturated carbocycles. The Hall–Kier alpha value is -1.09. The summed E-state index contributed by atoms with van der Waals surface area (Å²) < 4.78 is 5.43. The van der Waals surface area contributed by atoms with E-state index in [-0.39, 0.29) is 0 Å². The summed E-state index contributed by atoms with van der Waals surface area (Å²) in [5.41, 5.74) is 2.53. The smallest absolute Gasteiger partial charge is 0.107 e. The van der Waals surface area contributed by atoms with Gasteiger partial charge in [0, 0.05) is 29.2 Å². The van der Waals surface area contributed by atoms with Crippen molar-refractivity contribution in [2.24, 2.45) is 0 Å². The van der Waals surface area contributed by atoms with E-state index in [0.29, 0.717) is 4.83 Å². The predicted molar refractivity (Wildman–Crippen MR) is 67.7 cm³/mol. The Labute approximate surface area is 104 Å². The van der Waals surface area contributed by atoms with Gasteiger partial charge < -0.3 is 4.42 Å². The van der Waals surface area contributed by atoms with Crippen molar-refractivity contribution in [3.8, 4) is 0 Å². The largest absolute Gasteiger partial charge is 0.469 e. The van der Waals surface area contributed by atoms with Crippen LogP contribution >= 0.6 is 15.9 Å². The van der Waals surface area contributed by atoms with Crippen molar-refractivity contribution in [2.75, 3.05) is 0 Å². The first kappa shape index (κ1) is 11.4. The molecule has 0 saturated heterocycles. The molecule has 0 aliphatic heterocycles. The molecule has 0 N–H and O–H groups in total. The van der Waals surface area contributed by atoms with Crippen molar-refractivity contribution < 1.29 is 4.42 Å². The fraction of sp³-hybridized carbons (Fsp3) is 0.308. The van der Waals surface area contributed by atoms with Gasteiger partial charge in [-0.2, -0.15) is 0 Å². The molecule has 0 aliphatic carbocycles. The summed E-state index contributed by atoms with van der Waals surface area (Å²) in [6, 6.07) is 6.12. The molecular weight excluding hydrogens is 266 g/mol. The second-order valence-electron chi connectivity index (χ2n) is 3.68. The van der Waals surface area contributed by atoms with E-state index in [9.17, 15) is 0 Å². The maximum atomic E-state index is 5.43. The van der Waals surface area contributed by atoms with E-state index in [2.05, 4.69) is 27.8 Å². The standard InChI is InChI=1S/C13H14BrNO/c1-2-13-11(5-8-16-13)12(14)9-10-3-6-15-7-4-10/h3-8,12H,2,9H2,1H3. The molecule has 3 heteroatoms. The number of hydrogen-bond donors (Lipinski definition) is 0. The summed E-state index contributed by atoms with van der Waals surface area (Å²) in [5, 5.41) is 0. The minimum absolute atomic E-state index is 0.309. The van der Waals surface area contributed by atoms with Crippen LogP contribution in [0.5, 0.6) is 0 Å². The lowest BCUT2D eigenvalue weighted by atomic mass is 10.1. The molecule has 0 bridgehead atoms. The first-order chi connectivity index (χ1) is 7.81. The number of alkyl halides is 1. The minimum Gasteiger partial charge on any atom is -0.469 e. The minimum atomic E-state index is 0.309. The molecule has 84 valence electrons. The van der Waals surface area contributed by atoms with Crippen LogP contribution in [0.4, 0.5) is 0 Å². The highest BCUT2D eigenvalue weighted by Crippen LogP contribution is 2.30. The van der Waals surface area contributed by atoms with Gasteiger partial charge in [-0.25, -0.2) is 0 Å². The van der Waals surface area contributed by atoms with Crippen LogP contribution in [0.1, 0.15) is 28.6 Å². The van der Waals surface area contributed by atoms with Gasteiger partial charge in [-0.05, 0) is 30.2 Å². The lowest BCUT2D eigenvalue weighted by Crippen LogP contribution is -1.97. The zero-order chi connectivity index (χ0) is 11.4. The molecule has 2 heterocycles. The van der Waals surface area contributed by atoms with Gasteiger partial charge in [0.1, 0.15) is 5.76 Å². The number of pyridine rings is 1. The monoisotopic (exact) mass is 279 g/mol. The van der Waals surface area contributed by atoms with Crippen molar-refractivity contribution >= 4 is 15.9 Å². The van der Waals surface area contributed by atoms with Gasteiger partial charge in [-0.3, -0.25) is 4.98 Å². The first-order valence-electron chi connectivity index (χ1n) is 5.40. The fourth-order valence-corrected chi connectivity index (χ4v) is 2.53. The average Bonchev–Trinajstić information content (AvgIpc) is 2.78. The van der Waals surface area contributed by atoms with Crippen molar-refractivity contribution in [3.05, 3.63) is 53.7 Å². The summed E-state index contributed by atoms with van der Waals surface area (Å²) in [5.74, 6) is 1.07. The third-order valence-corrected chi connectivity index (χ3v) is 3.42. The molecule has 0 aliphatic rings. The third kappa shape index (κ3) is 2.53. The summed E-state index contributed by atoms with van der Waals surface area (Å²) in [6.45, 7) is 2.11. The Morgan fingerprint density at radius 2 is 2.06 bits per heavy atom. The van der Waals surface area contributed by atoms with Gasteiger partial charge in [0.2, 0.25) is 0 Å². The van der Waals surface area contributed by atoms with Crippen LogP contribution in [0.3, 0.4) is 0 Å². The lowest BCUT2D eigenvalue weighted by Gasteiger charge is -2.09. The topological polar surface area (TPSA) is 26.0 Å². The maximum Gasteiger partial charge on any atom is 0.107 e. The molecular formula is C13H14BrNO. The van der Waals surface area contributed by atoms with Gasteiger partial charge in [-0.15, -0.1) is 0 Å². The molecule has 16 heavy (non-hydrogen) atoms. The molecule has 2 rings (SSSR count). The second kappa shape index (κ2) is 5.30. The molecule has 2 aromatic rings. The summed E-state index contributed by atoms with van der Waals surface area (Å²) in [6.07, 6.45) is 7.29. The van der Waals surface area contributed by atoms with Gasteiger partial charge >= 0.3 is 0 Å². The van der Waals surface area contributed by atoms with E-state index in [1.165, 1.54) is 11.1 Å². The van der Waals surface area contributed by atoms with Gasteiger partial charge in [0.15, 0.2) is 0 Å². The highest BCUT2D eigenvalue weighted by molar-refractivity contribution is 9.09. The summed E-state index contributed by atoms with van der Waals surface area (Å²) in [4.78, 5) is 4.32. The quantitative estimate of drug-likeness (QED) is 0.793.